The number of carbonyl (C=O) groups excluding carboxylic acids is 1. The van der Waals surface area contributed by atoms with Crippen molar-refractivity contribution >= 4 is 6.09 Å². The zero-order chi connectivity index (χ0) is 17.6. The minimum Gasteiger partial charge on any atom is -0.444 e. The molecule has 1 rings (SSSR count). The lowest BCUT2D eigenvalue weighted by Gasteiger charge is -2.35. The third kappa shape index (κ3) is 7.53. The van der Waals surface area contributed by atoms with Crippen LogP contribution in [0.2, 0.25) is 0 Å². The Labute approximate surface area is 141 Å². The highest BCUT2D eigenvalue weighted by Crippen LogP contribution is 2.29. The highest BCUT2D eigenvalue weighted by atomic mass is 16.6. The van der Waals surface area contributed by atoms with Gasteiger partial charge < -0.3 is 20.1 Å². The second kappa shape index (κ2) is 8.88. The summed E-state index contributed by atoms with van der Waals surface area (Å²) in [7, 11) is 0. The molecule has 1 fully saturated rings. The number of amides is 1. The van der Waals surface area contributed by atoms with Crippen LogP contribution in [0, 0.1) is 11.8 Å². The van der Waals surface area contributed by atoms with Crippen LogP contribution in [0.5, 0.6) is 0 Å². The van der Waals surface area contributed by atoms with E-state index in [1.165, 1.54) is 19.3 Å². The molecule has 0 aromatic carbocycles. The second-order valence-corrected chi connectivity index (χ2v) is 8.10. The monoisotopic (exact) mass is 328 g/mol. The number of nitrogens with one attached hydrogen (secondary N) is 1. The first kappa shape index (κ1) is 20.2. The molecule has 0 radical (unpaired) electrons. The van der Waals surface area contributed by atoms with Crippen molar-refractivity contribution in [3.8, 4) is 0 Å². The molecule has 1 saturated carbocycles. The van der Waals surface area contributed by atoms with Gasteiger partial charge in [-0.15, -0.1) is 0 Å². The van der Waals surface area contributed by atoms with Gasteiger partial charge in [0.25, 0.3) is 0 Å². The quantitative estimate of drug-likeness (QED) is 0.787. The zero-order valence-electron chi connectivity index (χ0n) is 15.8. The summed E-state index contributed by atoms with van der Waals surface area (Å²) in [5.41, 5.74) is -0.519. The van der Waals surface area contributed by atoms with E-state index in [0.717, 1.165) is 12.5 Å². The van der Waals surface area contributed by atoms with Crippen LogP contribution in [-0.4, -0.2) is 53.5 Å². The summed E-state index contributed by atoms with van der Waals surface area (Å²) in [5.74, 6) is 1.41. The first-order valence-electron chi connectivity index (χ1n) is 8.99. The largest absolute Gasteiger partial charge is 0.444 e. The standard InChI is InChI=1S/C18H36N2O3/c1-13-8-7-9-16(15(13)3)19-10-11-20(12-14(2)21)17(22)23-18(4,5)6/h13-16,19,21H,7-12H2,1-6H3. The molecule has 0 saturated heterocycles. The van der Waals surface area contributed by atoms with E-state index in [1.807, 2.05) is 20.8 Å². The van der Waals surface area contributed by atoms with Gasteiger partial charge in [-0.3, -0.25) is 0 Å². The van der Waals surface area contributed by atoms with Crippen LogP contribution in [0.1, 0.15) is 60.8 Å². The van der Waals surface area contributed by atoms with Gasteiger partial charge in [0.05, 0.1) is 6.10 Å². The molecule has 5 nitrogen and oxygen atoms in total. The molecule has 1 aliphatic rings. The van der Waals surface area contributed by atoms with E-state index in [2.05, 4.69) is 19.2 Å². The molecule has 0 heterocycles. The van der Waals surface area contributed by atoms with E-state index >= 15 is 0 Å². The van der Waals surface area contributed by atoms with Gasteiger partial charge in [-0.1, -0.05) is 26.7 Å². The lowest BCUT2D eigenvalue weighted by Crippen LogP contribution is -2.47. The number of aliphatic hydroxyl groups excluding tert-OH is 1. The Bertz CT molecular complexity index is 366. The molecule has 5 heteroatoms. The molecule has 0 aromatic heterocycles. The number of nitrogens with zero attached hydrogens (tertiary/aromatic N) is 1. The fourth-order valence-corrected chi connectivity index (χ4v) is 3.16. The topological polar surface area (TPSA) is 61.8 Å². The highest BCUT2D eigenvalue weighted by Gasteiger charge is 2.27. The number of hydrogen-bond donors (Lipinski definition) is 2. The van der Waals surface area contributed by atoms with Crippen LogP contribution in [-0.2, 0) is 4.74 Å². The van der Waals surface area contributed by atoms with Crippen molar-refractivity contribution in [1.82, 2.24) is 10.2 Å². The van der Waals surface area contributed by atoms with Gasteiger partial charge in [-0.05, 0) is 46.0 Å². The minimum atomic E-state index is -0.559. The molecule has 136 valence electrons. The molecule has 2 N–H and O–H groups in total. The molecule has 0 spiro atoms. The van der Waals surface area contributed by atoms with Gasteiger partial charge in [0.2, 0.25) is 0 Å². The molecule has 1 aliphatic carbocycles. The number of ether oxygens (including phenoxy) is 1. The average Bonchev–Trinajstić information content (AvgIpc) is 2.40. The van der Waals surface area contributed by atoms with E-state index in [-0.39, 0.29) is 6.09 Å². The Kier molecular flexibility index (Phi) is 7.81. The first-order chi connectivity index (χ1) is 10.6. The van der Waals surface area contributed by atoms with Gasteiger partial charge >= 0.3 is 6.09 Å². The molecular formula is C18H36N2O3. The molecule has 0 aromatic rings. The summed E-state index contributed by atoms with van der Waals surface area (Å²) in [5, 5.41) is 13.2. The highest BCUT2D eigenvalue weighted by molar-refractivity contribution is 5.68. The summed E-state index contributed by atoms with van der Waals surface area (Å²) in [4.78, 5) is 13.9. The SMILES string of the molecule is CC(O)CN(CCNC1CCCC(C)C1C)C(=O)OC(C)(C)C. The number of rotatable bonds is 6. The van der Waals surface area contributed by atoms with Gasteiger partial charge in [-0.25, -0.2) is 4.79 Å². The number of hydrogen-bond acceptors (Lipinski definition) is 4. The van der Waals surface area contributed by atoms with Crippen LogP contribution in [0.3, 0.4) is 0 Å². The van der Waals surface area contributed by atoms with Crippen LogP contribution < -0.4 is 5.32 Å². The lowest BCUT2D eigenvalue weighted by molar-refractivity contribution is 0.0160. The van der Waals surface area contributed by atoms with E-state index < -0.39 is 11.7 Å². The van der Waals surface area contributed by atoms with Gasteiger partial charge in [0, 0.05) is 25.7 Å². The fraction of sp³-hybridized carbons (Fsp3) is 0.944. The Morgan fingerprint density at radius 2 is 2.00 bits per heavy atom. The van der Waals surface area contributed by atoms with Crippen LogP contribution in [0.25, 0.3) is 0 Å². The van der Waals surface area contributed by atoms with Crippen LogP contribution in [0.4, 0.5) is 4.79 Å². The van der Waals surface area contributed by atoms with Crippen molar-refractivity contribution in [2.24, 2.45) is 11.8 Å². The Morgan fingerprint density at radius 3 is 2.57 bits per heavy atom. The lowest BCUT2D eigenvalue weighted by atomic mass is 9.78. The summed E-state index contributed by atoms with van der Waals surface area (Å²) < 4.78 is 5.43. The average molecular weight is 328 g/mol. The Morgan fingerprint density at radius 1 is 1.35 bits per heavy atom. The molecule has 4 atom stereocenters. The van der Waals surface area contributed by atoms with Gasteiger partial charge in [0.1, 0.15) is 5.60 Å². The predicted octanol–water partition coefficient (Wildman–Crippen LogP) is 3.02. The normalized spacial score (nSPS) is 26.7. The fourth-order valence-electron chi connectivity index (χ4n) is 3.16. The van der Waals surface area contributed by atoms with E-state index in [9.17, 15) is 9.90 Å². The van der Waals surface area contributed by atoms with Crippen molar-refractivity contribution in [3.63, 3.8) is 0 Å². The molecule has 0 aliphatic heterocycles. The maximum Gasteiger partial charge on any atom is 0.410 e. The number of aliphatic hydroxyl groups is 1. The summed E-state index contributed by atoms with van der Waals surface area (Å²) in [6, 6.07) is 0.519. The molecular weight excluding hydrogens is 292 g/mol. The first-order valence-corrected chi connectivity index (χ1v) is 8.99. The van der Waals surface area contributed by atoms with E-state index in [1.54, 1.807) is 11.8 Å². The third-order valence-corrected chi connectivity index (χ3v) is 4.63. The Hall–Kier alpha value is -0.810. The zero-order valence-corrected chi connectivity index (χ0v) is 15.8. The van der Waals surface area contributed by atoms with E-state index in [4.69, 9.17) is 4.74 Å². The van der Waals surface area contributed by atoms with Crippen LogP contribution in [0.15, 0.2) is 0 Å². The third-order valence-electron chi connectivity index (χ3n) is 4.63. The smallest absolute Gasteiger partial charge is 0.410 e. The maximum atomic E-state index is 12.3. The molecule has 0 bridgehead atoms. The Balaban J connectivity index is 2.49. The number of carbonyl (C=O) groups is 1. The van der Waals surface area contributed by atoms with Crippen molar-refractivity contribution in [3.05, 3.63) is 0 Å². The van der Waals surface area contributed by atoms with Crippen molar-refractivity contribution in [2.75, 3.05) is 19.6 Å². The van der Waals surface area contributed by atoms with Crippen LogP contribution >= 0.6 is 0 Å². The molecule has 23 heavy (non-hydrogen) atoms. The predicted molar refractivity (Wildman–Crippen MR) is 93.5 cm³/mol. The van der Waals surface area contributed by atoms with Crippen molar-refractivity contribution < 1.29 is 14.6 Å². The second-order valence-electron chi connectivity index (χ2n) is 8.10. The maximum absolute atomic E-state index is 12.3. The van der Waals surface area contributed by atoms with Gasteiger partial charge in [-0.2, -0.15) is 0 Å². The summed E-state index contributed by atoms with van der Waals surface area (Å²) in [6.45, 7) is 13.5. The van der Waals surface area contributed by atoms with Gasteiger partial charge in [0.15, 0.2) is 0 Å². The van der Waals surface area contributed by atoms with E-state index in [0.29, 0.717) is 25.0 Å². The summed E-state index contributed by atoms with van der Waals surface area (Å²) >= 11 is 0. The summed E-state index contributed by atoms with van der Waals surface area (Å²) in [6.07, 6.45) is 2.87. The minimum absolute atomic E-state index is 0.299. The van der Waals surface area contributed by atoms with Crippen molar-refractivity contribution in [2.45, 2.75) is 78.6 Å². The molecule has 1 amide bonds. The molecule has 4 unspecified atom stereocenters. The van der Waals surface area contributed by atoms with Crippen molar-refractivity contribution in [1.29, 1.82) is 0 Å².